The van der Waals surface area contributed by atoms with Crippen molar-refractivity contribution in [3.8, 4) is 0 Å². The summed E-state index contributed by atoms with van der Waals surface area (Å²) in [6.45, 7) is 0.217. The van der Waals surface area contributed by atoms with Gasteiger partial charge in [-0.15, -0.1) is 0 Å². The van der Waals surface area contributed by atoms with Gasteiger partial charge in [0.1, 0.15) is 11.2 Å². The first-order valence-corrected chi connectivity index (χ1v) is 7.21. The smallest absolute Gasteiger partial charge is 0.291 e. The topological polar surface area (TPSA) is 73.9 Å². The van der Waals surface area contributed by atoms with Gasteiger partial charge in [0.25, 0.3) is 5.91 Å². The summed E-state index contributed by atoms with van der Waals surface area (Å²) in [5.41, 5.74) is -0.688. The summed E-state index contributed by atoms with van der Waals surface area (Å²) >= 11 is 6.22. The Morgan fingerprint density at radius 1 is 1.43 bits per heavy atom. The highest BCUT2D eigenvalue weighted by Gasteiger charge is 2.36. The normalized spacial score (nSPS) is 22.7. The zero-order valence-electron chi connectivity index (χ0n) is 11.4. The van der Waals surface area contributed by atoms with E-state index in [0.29, 0.717) is 30.4 Å². The third-order valence-corrected chi connectivity index (χ3v) is 4.24. The highest BCUT2D eigenvalue weighted by Crippen LogP contribution is 2.32. The molecule has 0 bridgehead atoms. The Bertz CT molecular complexity index is 683. The van der Waals surface area contributed by atoms with Gasteiger partial charge >= 0.3 is 0 Å². The zero-order chi connectivity index (χ0) is 15.0. The Balaban J connectivity index is 1.92. The number of carbonyl (C=O) groups is 1. The molecule has 0 spiro atoms. The van der Waals surface area contributed by atoms with E-state index in [4.69, 9.17) is 16.0 Å². The second-order valence-electron chi connectivity index (χ2n) is 5.45. The molecular formula is C15H16ClNO4. The lowest BCUT2D eigenvalue weighted by molar-refractivity contribution is -0.0602. The molecule has 1 unspecified atom stereocenters. The average Bonchev–Trinajstić information content (AvgIpc) is 2.84. The molecule has 1 saturated heterocycles. The number of likely N-dealkylation sites (tertiary alicyclic amines) is 1. The third kappa shape index (κ3) is 2.52. The molecule has 21 heavy (non-hydrogen) atoms. The summed E-state index contributed by atoms with van der Waals surface area (Å²) < 4.78 is 5.55. The first kappa shape index (κ1) is 14.4. The van der Waals surface area contributed by atoms with Gasteiger partial charge in [-0.05, 0) is 25.0 Å². The number of fused-ring (bicyclic) bond motifs is 1. The van der Waals surface area contributed by atoms with Gasteiger partial charge in [-0.3, -0.25) is 4.79 Å². The van der Waals surface area contributed by atoms with Crippen molar-refractivity contribution in [2.75, 3.05) is 19.7 Å². The van der Waals surface area contributed by atoms with E-state index < -0.39 is 5.60 Å². The maximum absolute atomic E-state index is 12.5. The molecule has 0 saturated carbocycles. The van der Waals surface area contributed by atoms with Crippen molar-refractivity contribution >= 4 is 28.5 Å². The molecule has 1 atom stereocenters. The number of aliphatic hydroxyl groups is 2. The number of rotatable bonds is 2. The van der Waals surface area contributed by atoms with Crippen LogP contribution in [-0.4, -0.2) is 46.3 Å². The number of aliphatic hydroxyl groups excluding tert-OH is 1. The maximum Gasteiger partial charge on any atom is 0.291 e. The number of para-hydroxylation sites is 1. The van der Waals surface area contributed by atoms with E-state index in [-0.39, 0.29) is 29.8 Å². The molecular weight excluding hydrogens is 294 g/mol. The second-order valence-corrected chi connectivity index (χ2v) is 5.83. The number of β-amino-alcohol motifs (C(OH)–C–C–N with tert-alkyl or cyclic N) is 1. The zero-order valence-corrected chi connectivity index (χ0v) is 12.1. The van der Waals surface area contributed by atoms with Crippen LogP contribution in [0, 0.1) is 0 Å². The van der Waals surface area contributed by atoms with Crippen LogP contribution in [0.1, 0.15) is 23.4 Å². The van der Waals surface area contributed by atoms with Crippen LogP contribution >= 0.6 is 11.6 Å². The molecule has 6 heteroatoms. The Hall–Kier alpha value is -1.56. The van der Waals surface area contributed by atoms with E-state index in [9.17, 15) is 15.0 Å². The lowest BCUT2D eigenvalue weighted by atomic mass is 9.93. The van der Waals surface area contributed by atoms with Crippen molar-refractivity contribution in [3.05, 3.63) is 35.0 Å². The van der Waals surface area contributed by atoms with E-state index in [0.717, 1.165) is 0 Å². The summed E-state index contributed by atoms with van der Waals surface area (Å²) in [4.78, 5) is 14.0. The SMILES string of the molecule is O=C(c1oc2ccccc2c1Cl)N1CCCC(O)(CO)C1. The number of hydrogen-bond donors (Lipinski definition) is 2. The molecule has 1 amide bonds. The van der Waals surface area contributed by atoms with Crippen LogP contribution in [0.15, 0.2) is 28.7 Å². The van der Waals surface area contributed by atoms with Crippen molar-refractivity contribution in [2.24, 2.45) is 0 Å². The maximum atomic E-state index is 12.5. The summed E-state index contributed by atoms with van der Waals surface area (Å²) in [6, 6.07) is 7.17. The van der Waals surface area contributed by atoms with E-state index >= 15 is 0 Å². The van der Waals surface area contributed by atoms with Crippen LogP contribution in [0.4, 0.5) is 0 Å². The van der Waals surface area contributed by atoms with Gasteiger partial charge in [0.15, 0.2) is 0 Å². The Kier molecular flexibility index (Phi) is 3.65. The lowest BCUT2D eigenvalue weighted by Gasteiger charge is -2.37. The minimum atomic E-state index is -1.24. The van der Waals surface area contributed by atoms with Crippen LogP contribution in [0.25, 0.3) is 11.0 Å². The fraction of sp³-hybridized carbons (Fsp3) is 0.400. The van der Waals surface area contributed by atoms with Gasteiger partial charge < -0.3 is 19.5 Å². The van der Waals surface area contributed by atoms with Crippen LogP contribution in [0.5, 0.6) is 0 Å². The molecule has 2 heterocycles. The minimum absolute atomic E-state index is 0.0791. The van der Waals surface area contributed by atoms with Crippen molar-refractivity contribution < 1.29 is 19.4 Å². The van der Waals surface area contributed by atoms with Crippen molar-refractivity contribution in [3.63, 3.8) is 0 Å². The average molecular weight is 310 g/mol. The number of amides is 1. The molecule has 1 fully saturated rings. The van der Waals surface area contributed by atoms with Gasteiger partial charge in [0.2, 0.25) is 5.76 Å². The van der Waals surface area contributed by atoms with Gasteiger partial charge in [0, 0.05) is 11.9 Å². The molecule has 1 aliphatic rings. The Morgan fingerprint density at radius 2 is 2.19 bits per heavy atom. The van der Waals surface area contributed by atoms with Crippen molar-refractivity contribution in [1.82, 2.24) is 4.90 Å². The Morgan fingerprint density at radius 3 is 2.90 bits per heavy atom. The van der Waals surface area contributed by atoms with E-state index in [1.54, 1.807) is 12.1 Å². The summed E-state index contributed by atoms with van der Waals surface area (Å²) in [7, 11) is 0. The molecule has 3 rings (SSSR count). The van der Waals surface area contributed by atoms with Gasteiger partial charge in [-0.2, -0.15) is 0 Å². The van der Waals surface area contributed by atoms with E-state index in [1.807, 2.05) is 12.1 Å². The number of benzene rings is 1. The van der Waals surface area contributed by atoms with Crippen LogP contribution in [0.2, 0.25) is 5.02 Å². The van der Waals surface area contributed by atoms with Crippen LogP contribution in [0.3, 0.4) is 0 Å². The number of carbonyl (C=O) groups excluding carboxylic acids is 1. The first-order chi connectivity index (χ1) is 10.0. The highest BCUT2D eigenvalue weighted by molar-refractivity contribution is 6.38. The van der Waals surface area contributed by atoms with Gasteiger partial charge in [-0.25, -0.2) is 0 Å². The standard InChI is InChI=1S/C15H16ClNO4/c16-12-10-4-1-2-5-11(10)21-13(12)14(19)17-7-3-6-15(20,8-17)9-18/h1-2,4-5,18,20H,3,6-9H2. The number of furan rings is 1. The molecule has 0 aliphatic carbocycles. The predicted molar refractivity (Wildman–Crippen MR) is 78.4 cm³/mol. The molecule has 1 aromatic carbocycles. The van der Waals surface area contributed by atoms with Gasteiger partial charge in [-0.1, -0.05) is 23.7 Å². The molecule has 2 aromatic rings. The molecule has 5 nitrogen and oxygen atoms in total. The fourth-order valence-corrected chi connectivity index (χ4v) is 2.99. The number of piperidine rings is 1. The van der Waals surface area contributed by atoms with Crippen molar-refractivity contribution in [2.45, 2.75) is 18.4 Å². The quantitative estimate of drug-likeness (QED) is 0.890. The molecule has 2 N–H and O–H groups in total. The first-order valence-electron chi connectivity index (χ1n) is 6.84. The molecule has 1 aromatic heterocycles. The number of hydrogen-bond acceptors (Lipinski definition) is 4. The molecule has 0 radical (unpaired) electrons. The van der Waals surface area contributed by atoms with E-state index in [1.165, 1.54) is 4.90 Å². The monoisotopic (exact) mass is 309 g/mol. The largest absolute Gasteiger partial charge is 0.449 e. The minimum Gasteiger partial charge on any atom is -0.449 e. The van der Waals surface area contributed by atoms with Gasteiger partial charge in [0.05, 0.1) is 18.2 Å². The summed E-state index contributed by atoms with van der Waals surface area (Å²) in [5, 5.41) is 20.4. The fourth-order valence-electron chi connectivity index (χ4n) is 2.71. The summed E-state index contributed by atoms with van der Waals surface area (Å²) in [6.07, 6.45) is 1.10. The van der Waals surface area contributed by atoms with Crippen LogP contribution < -0.4 is 0 Å². The van der Waals surface area contributed by atoms with Crippen molar-refractivity contribution in [1.29, 1.82) is 0 Å². The van der Waals surface area contributed by atoms with Crippen LogP contribution in [-0.2, 0) is 0 Å². The number of nitrogens with zero attached hydrogens (tertiary/aromatic N) is 1. The summed E-state index contributed by atoms with van der Waals surface area (Å²) in [5.74, 6) is -0.275. The molecule has 1 aliphatic heterocycles. The Labute approximate surface area is 126 Å². The highest BCUT2D eigenvalue weighted by atomic mass is 35.5. The number of halogens is 1. The molecule has 112 valence electrons. The predicted octanol–water partition coefficient (Wildman–Crippen LogP) is 2.05. The second kappa shape index (κ2) is 5.33. The lowest BCUT2D eigenvalue weighted by Crippen LogP contribution is -2.52. The third-order valence-electron chi connectivity index (χ3n) is 3.87. The van der Waals surface area contributed by atoms with E-state index in [2.05, 4.69) is 0 Å².